The molecule has 2 aliphatic heterocycles. The Morgan fingerprint density at radius 1 is 1.12 bits per heavy atom. The van der Waals surface area contributed by atoms with Crippen molar-refractivity contribution >= 4 is 11.5 Å². The van der Waals surface area contributed by atoms with E-state index in [9.17, 15) is 9.90 Å². The van der Waals surface area contributed by atoms with Gasteiger partial charge >= 0.3 is 5.97 Å². The van der Waals surface area contributed by atoms with Gasteiger partial charge in [0, 0.05) is 12.1 Å². The monoisotopic (exact) mass is 349 g/mol. The molecule has 0 saturated carbocycles. The Labute approximate surface area is 153 Å². The second-order valence-electron chi connectivity index (χ2n) is 6.92. The summed E-state index contributed by atoms with van der Waals surface area (Å²) in [6, 6.07) is 13.3. The first-order valence-corrected chi connectivity index (χ1v) is 9.24. The number of benzene rings is 2. The van der Waals surface area contributed by atoms with Gasteiger partial charge in [0.2, 0.25) is 0 Å². The first-order valence-electron chi connectivity index (χ1n) is 9.24. The van der Waals surface area contributed by atoms with E-state index in [4.69, 9.17) is 4.74 Å². The molecule has 0 bridgehead atoms. The molecule has 1 saturated heterocycles. The van der Waals surface area contributed by atoms with E-state index in [1.54, 1.807) is 18.2 Å². The smallest absolute Gasteiger partial charge is 0.335 e. The van der Waals surface area contributed by atoms with Crippen molar-refractivity contribution in [2.75, 3.05) is 19.6 Å². The quantitative estimate of drug-likeness (QED) is 0.899. The summed E-state index contributed by atoms with van der Waals surface area (Å²) >= 11 is 0. The van der Waals surface area contributed by atoms with Crippen molar-refractivity contribution in [2.45, 2.75) is 25.9 Å². The summed E-state index contributed by atoms with van der Waals surface area (Å²) in [5, 5.41) is 9.39. The molecular weight excluding hydrogens is 326 g/mol. The van der Waals surface area contributed by atoms with Crippen LogP contribution in [0.15, 0.2) is 48.5 Å². The average molecular weight is 349 g/mol. The summed E-state index contributed by atoms with van der Waals surface area (Å²) in [4.78, 5) is 13.9. The third kappa shape index (κ3) is 3.37. The number of likely N-dealkylation sites (tertiary alicyclic amines) is 1. The number of aromatic carboxylic acids is 1. The van der Waals surface area contributed by atoms with Crippen LogP contribution < -0.4 is 4.74 Å². The molecule has 0 aliphatic carbocycles. The Balaban J connectivity index is 1.74. The van der Waals surface area contributed by atoms with Gasteiger partial charge in [-0.2, -0.15) is 0 Å². The van der Waals surface area contributed by atoms with Gasteiger partial charge in [0.15, 0.2) is 0 Å². The highest BCUT2D eigenvalue weighted by Crippen LogP contribution is 2.37. The number of hydrogen-bond acceptors (Lipinski definition) is 3. The lowest BCUT2D eigenvalue weighted by Crippen LogP contribution is -2.19. The Hall–Kier alpha value is -2.59. The predicted octanol–water partition coefficient (Wildman–Crippen LogP) is 4.19. The molecule has 134 valence electrons. The Bertz CT molecular complexity index is 850. The van der Waals surface area contributed by atoms with Crippen molar-refractivity contribution in [3.8, 4) is 5.75 Å². The van der Waals surface area contributed by atoms with E-state index in [0.717, 1.165) is 41.0 Å². The van der Waals surface area contributed by atoms with Gasteiger partial charge in [-0.15, -0.1) is 0 Å². The van der Waals surface area contributed by atoms with Gasteiger partial charge in [0.25, 0.3) is 0 Å². The van der Waals surface area contributed by atoms with Crippen molar-refractivity contribution in [1.29, 1.82) is 0 Å². The standard InChI is InChI=1S/C22H23NO3/c24-22(25)16-9-10-21-20(14-16)19(8-5-13-23-11-3-4-12-23)18-7-2-1-6-17(18)15-26-21/h1-2,6-10,14H,3-5,11-13,15H2,(H,24,25)/b19-8+. The van der Waals surface area contributed by atoms with Crippen LogP contribution in [0.1, 0.15) is 46.3 Å². The van der Waals surface area contributed by atoms with E-state index < -0.39 is 5.97 Å². The average Bonchev–Trinajstić information content (AvgIpc) is 3.12. The molecule has 4 rings (SSSR count). The van der Waals surface area contributed by atoms with Crippen molar-refractivity contribution in [1.82, 2.24) is 4.90 Å². The highest BCUT2D eigenvalue weighted by Gasteiger charge is 2.20. The lowest BCUT2D eigenvalue weighted by atomic mass is 9.92. The van der Waals surface area contributed by atoms with Gasteiger partial charge in [-0.05, 0) is 67.3 Å². The second kappa shape index (κ2) is 7.34. The number of nitrogens with zero attached hydrogens (tertiary/aromatic N) is 1. The van der Waals surface area contributed by atoms with Crippen LogP contribution in [-0.2, 0) is 6.61 Å². The van der Waals surface area contributed by atoms with E-state index in [0.29, 0.717) is 6.61 Å². The summed E-state index contributed by atoms with van der Waals surface area (Å²) in [6.07, 6.45) is 5.77. The third-order valence-electron chi connectivity index (χ3n) is 5.20. The maximum atomic E-state index is 11.4. The summed E-state index contributed by atoms with van der Waals surface area (Å²) in [7, 11) is 0. The molecule has 4 heteroatoms. The van der Waals surface area contributed by atoms with Crippen molar-refractivity contribution in [3.05, 3.63) is 70.8 Å². The number of ether oxygens (including phenoxy) is 1. The summed E-state index contributed by atoms with van der Waals surface area (Å²) < 4.78 is 5.98. The molecule has 1 N–H and O–H groups in total. The number of carbonyl (C=O) groups is 1. The molecule has 2 aliphatic rings. The maximum absolute atomic E-state index is 11.4. The highest BCUT2D eigenvalue weighted by atomic mass is 16.5. The van der Waals surface area contributed by atoms with Crippen LogP contribution in [0, 0.1) is 0 Å². The lowest BCUT2D eigenvalue weighted by Gasteiger charge is -2.15. The van der Waals surface area contributed by atoms with Crippen LogP contribution >= 0.6 is 0 Å². The zero-order valence-electron chi connectivity index (χ0n) is 14.8. The molecule has 0 radical (unpaired) electrons. The second-order valence-corrected chi connectivity index (χ2v) is 6.92. The van der Waals surface area contributed by atoms with Gasteiger partial charge < -0.3 is 14.7 Å². The summed E-state index contributed by atoms with van der Waals surface area (Å²) in [5.74, 6) is -0.166. The largest absolute Gasteiger partial charge is 0.488 e. The molecule has 2 aromatic rings. The molecule has 0 spiro atoms. The lowest BCUT2D eigenvalue weighted by molar-refractivity contribution is 0.0697. The molecule has 0 amide bonds. The van der Waals surface area contributed by atoms with Gasteiger partial charge in [-0.1, -0.05) is 30.3 Å². The number of hydrogen-bond donors (Lipinski definition) is 1. The fraction of sp³-hybridized carbons (Fsp3) is 0.318. The molecular formula is C22H23NO3. The van der Waals surface area contributed by atoms with Gasteiger partial charge in [0.1, 0.15) is 12.4 Å². The van der Waals surface area contributed by atoms with E-state index in [2.05, 4.69) is 23.1 Å². The molecule has 4 nitrogen and oxygen atoms in total. The molecule has 0 unspecified atom stereocenters. The van der Waals surface area contributed by atoms with Gasteiger partial charge in [-0.3, -0.25) is 0 Å². The van der Waals surface area contributed by atoms with Crippen molar-refractivity contribution < 1.29 is 14.6 Å². The SMILES string of the molecule is O=C(O)c1ccc2c(c1)/C(=C/CCN1CCCC1)c1ccccc1CO2. The van der Waals surface area contributed by atoms with Crippen LogP contribution in [-0.4, -0.2) is 35.6 Å². The topological polar surface area (TPSA) is 49.8 Å². The first-order chi connectivity index (χ1) is 12.7. The number of carboxylic acids is 1. The maximum Gasteiger partial charge on any atom is 0.335 e. The molecule has 1 fully saturated rings. The predicted molar refractivity (Wildman–Crippen MR) is 102 cm³/mol. The fourth-order valence-corrected chi connectivity index (χ4v) is 3.83. The van der Waals surface area contributed by atoms with Gasteiger partial charge in [0.05, 0.1) is 5.56 Å². The van der Waals surface area contributed by atoms with Crippen LogP contribution in [0.2, 0.25) is 0 Å². The van der Waals surface area contributed by atoms with E-state index >= 15 is 0 Å². The van der Waals surface area contributed by atoms with Gasteiger partial charge in [-0.25, -0.2) is 4.79 Å². The number of rotatable bonds is 4. The van der Waals surface area contributed by atoms with Crippen molar-refractivity contribution in [2.24, 2.45) is 0 Å². The zero-order valence-corrected chi connectivity index (χ0v) is 14.8. The van der Waals surface area contributed by atoms with Crippen LogP contribution in [0.3, 0.4) is 0 Å². The molecule has 2 aromatic carbocycles. The molecule has 2 heterocycles. The van der Waals surface area contributed by atoms with Crippen LogP contribution in [0.5, 0.6) is 5.75 Å². The Morgan fingerprint density at radius 3 is 2.73 bits per heavy atom. The number of carboxylic acid groups (broad SMARTS) is 1. The van der Waals surface area contributed by atoms with E-state index in [1.807, 2.05) is 12.1 Å². The summed E-state index contributed by atoms with van der Waals surface area (Å²) in [5.41, 5.74) is 4.51. The highest BCUT2D eigenvalue weighted by molar-refractivity contribution is 5.92. The van der Waals surface area contributed by atoms with Crippen LogP contribution in [0.4, 0.5) is 0 Å². The molecule has 26 heavy (non-hydrogen) atoms. The minimum Gasteiger partial charge on any atom is -0.488 e. The van der Waals surface area contributed by atoms with Crippen molar-refractivity contribution in [3.63, 3.8) is 0 Å². The molecule has 0 aromatic heterocycles. The van der Waals surface area contributed by atoms with Crippen LogP contribution in [0.25, 0.3) is 5.57 Å². The minimum absolute atomic E-state index is 0.289. The summed E-state index contributed by atoms with van der Waals surface area (Å²) in [6.45, 7) is 3.91. The first kappa shape index (κ1) is 16.9. The third-order valence-corrected chi connectivity index (χ3v) is 5.20. The Morgan fingerprint density at radius 2 is 1.92 bits per heavy atom. The number of fused-ring (bicyclic) bond motifs is 2. The normalized spacial score (nSPS) is 18.1. The fourth-order valence-electron chi connectivity index (χ4n) is 3.83. The minimum atomic E-state index is -0.915. The Kier molecular flexibility index (Phi) is 4.76. The zero-order chi connectivity index (χ0) is 17.9. The van der Waals surface area contributed by atoms with E-state index in [-0.39, 0.29) is 5.56 Å². The molecule has 0 atom stereocenters. The van der Waals surface area contributed by atoms with E-state index in [1.165, 1.54) is 25.9 Å².